The normalized spacial score (nSPS) is 18.0. The summed E-state index contributed by atoms with van der Waals surface area (Å²) in [5.41, 5.74) is 0.640. The first-order chi connectivity index (χ1) is 14.7. The van der Waals surface area contributed by atoms with Gasteiger partial charge in [0, 0.05) is 30.8 Å². The van der Waals surface area contributed by atoms with E-state index < -0.39 is 11.9 Å². The van der Waals surface area contributed by atoms with Gasteiger partial charge < -0.3 is 29.5 Å². The highest BCUT2D eigenvalue weighted by atomic mass is 16.5. The second-order valence-electron chi connectivity index (χ2n) is 7.95. The number of carboxylic acids is 2. The fourth-order valence-corrected chi connectivity index (χ4v) is 3.94. The largest absolute Gasteiger partial charge is 0.497 e. The highest BCUT2D eigenvalue weighted by Crippen LogP contribution is 2.26. The Morgan fingerprint density at radius 3 is 1.74 bits per heavy atom. The Bertz CT molecular complexity index is 733. The number of aliphatic carboxylic acids is 2. The molecule has 0 spiro atoms. The molecular weight excluding hydrogens is 404 g/mol. The third-order valence-electron chi connectivity index (χ3n) is 5.87. The minimum atomic E-state index is -1.82. The molecule has 2 saturated heterocycles. The van der Waals surface area contributed by atoms with Gasteiger partial charge in [-0.2, -0.15) is 0 Å². The van der Waals surface area contributed by atoms with E-state index in [4.69, 9.17) is 29.3 Å². The molecule has 0 atom stereocenters. The number of amides is 1. The van der Waals surface area contributed by atoms with Crippen LogP contribution in [0.5, 0.6) is 11.5 Å². The molecule has 172 valence electrons. The van der Waals surface area contributed by atoms with Crippen LogP contribution in [0, 0.1) is 5.92 Å². The number of methoxy groups -OCH3 is 2. The Kier molecular flexibility index (Phi) is 9.11. The van der Waals surface area contributed by atoms with E-state index in [-0.39, 0.29) is 5.91 Å². The van der Waals surface area contributed by atoms with Crippen LogP contribution in [-0.2, 0) is 9.59 Å². The first kappa shape index (κ1) is 24.5. The van der Waals surface area contributed by atoms with Crippen LogP contribution in [0.15, 0.2) is 18.2 Å². The van der Waals surface area contributed by atoms with Gasteiger partial charge in [-0.3, -0.25) is 4.79 Å². The molecule has 0 unspecified atom stereocenters. The molecule has 2 fully saturated rings. The van der Waals surface area contributed by atoms with Gasteiger partial charge >= 0.3 is 11.9 Å². The molecule has 0 bridgehead atoms. The van der Waals surface area contributed by atoms with Crippen LogP contribution in [0.3, 0.4) is 0 Å². The number of nitrogens with zero attached hydrogens (tertiary/aromatic N) is 2. The minimum Gasteiger partial charge on any atom is -0.497 e. The summed E-state index contributed by atoms with van der Waals surface area (Å²) in [5, 5.41) is 14.8. The van der Waals surface area contributed by atoms with E-state index in [1.165, 1.54) is 25.9 Å². The molecular formula is C22H32N2O7. The summed E-state index contributed by atoms with van der Waals surface area (Å²) in [6.45, 7) is 6.44. The third kappa shape index (κ3) is 7.13. The van der Waals surface area contributed by atoms with E-state index in [0.717, 1.165) is 31.8 Å². The lowest BCUT2D eigenvalue weighted by Gasteiger charge is -2.41. The number of carboxylic acid groups (broad SMARTS) is 2. The zero-order chi connectivity index (χ0) is 23.0. The van der Waals surface area contributed by atoms with Crippen LogP contribution < -0.4 is 9.47 Å². The molecule has 0 radical (unpaired) electrons. The molecule has 31 heavy (non-hydrogen) atoms. The number of ether oxygens (including phenoxy) is 2. The molecule has 0 aliphatic carbocycles. The van der Waals surface area contributed by atoms with Crippen LogP contribution in [0.2, 0.25) is 0 Å². The zero-order valence-electron chi connectivity index (χ0n) is 18.4. The van der Waals surface area contributed by atoms with Crippen molar-refractivity contribution in [3.05, 3.63) is 23.8 Å². The van der Waals surface area contributed by atoms with Gasteiger partial charge in [-0.1, -0.05) is 6.92 Å². The summed E-state index contributed by atoms with van der Waals surface area (Å²) in [7, 11) is 3.21. The number of piperidine rings is 2. The number of carbonyl (C=O) groups excluding carboxylic acids is 1. The molecule has 2 aliphatic heterocycles. The van der Waals surface area contributed by atoms with Crippen molar-refractivity contribution in [1.29, 1.82) is 0 Å². The van der Waals surface area contributed by atoms with Crippen molar-refractivity contribution in [3.63, 3.8) is 0 Å². The van der Waals surface area contributed by atoms with Gasteiger partial charge in [-0.25, -0.2) is 9.59 Å². The monoisotopic (exact) mass is 436 g/mol. The Hall–Kier alpha value is -2.81. The van der Waals surface area contributed by atoms with E-state index in [1.54, 1.807) is 32.4 Å². The number of hydrogen-bond donors (Lipinski definition) is 2. The van der Waals surface area contributed by atoms with Gasteiger partial charge in [0.15, 0.2) is 0 Å². The molecule has 2 heterocycles. The van der Waals surface area contributed by atoms with Crippen molar-refractivity contribution in [1.82, 2.24) is 9.80 Å². The quantitative estimate of drug-likeness (QED) is 0.690. The van der Waals surface area contributed by atoms with Crippen LogP contribution in [0.1, 0.15) is 43.0 Å². The maximum absolute atomic E-state index is 12.9. The summed E-state index contributed by atoms with van der Waals surface area (Å²) in [4.78, 5) is 35.7. The standard InChI is InChI=1S/C20H30N2O3.C2H2O4/c1-15-4-8-21(9-5-15)17-6-10-22(11-7-17)20(23)16-12-18(24-2)14-19(13-16)25-3;3-1(4)2(5)6/h12-15,17H,4-11H2,1-3H3;(H,3,4)(H,5,6). The Morgan fingerprint density at radius 1 is 0.839 bits per heavy atom. The van der Waals surface area contributed by atoms with Crippen molar-refractivity contribution in [3.8, 4) is 11.5 Å². The van der Waals surface area contributed by atoms with E-state index in [2.05, 4.69) is 11.8 Å². The Balaban J connectivity index is 0.000000501. The van der Waals surface area contributed by atoms with Gasteiger partial charge in [-0.15, -0.1) is 0 Å². The number of likely N-dealkylation sites (tertiary alicyclic amines) is 2. The fraction of sp³-hybridized carbons (Fsp3) is 0.591. The van der Waals surface area contributed by atoms with Crippen molar-refractivity contribution in [2.45, 2.75) is 38.6 Å². The highest BCUT2D eigenvalue weighted by Gasteiger charge is 2.29. The lowest BCUT2D eigenvalue weighted by Crippen LogP contribution is -2.48. The second kappa shape index (κ2) is 11.5. The number of hydrogen-bond acceptors (Lipinski definition) is 6. The topological polar surface area (TPSA) is 117 Å². The summed E-state index contributed by atoms with van der Waals surface area (Å²) in [5.74, 6) is -1.41. The van der Waals surface area contributed by atoms with Gasteiger partial charge in [0.2, 0.25) is 0 Å². The van der Waals surface area contributed by atoms with Crippen molar-refractivity contribution >= 4 is 17.8 Å². The molecule has 0 saturated carbocycles. The third-order valence-corrected chi connectivity index (χ3v) is 5.87. The van der Waals surface area contributed by atoms with Crippen LogP contribution in [0.25, 0.3) is 0 Å². The summed E-state index contributed by atoms with van der Waals surface area (Å²) in [6.07, 6.45) is 4.76. The van der Waals surface area contributed by atoms with Gasteiger partial charge in [0.1, 0.15) is 11.5 Å². The molecule has 1 aromatic carbocycles. The summed E-state index contributed by atoms with van der Waals surface area (Å²) >= 11 is 0. The van der Waals surface area contributed by atoms with Gasteiger partial charge in [-0.05, 0) is 56.8 Å². The number of rotatable bonds is 4. The molecule has 2 aliphatic rings. The van der Waals surface area contributed by atoms with Crippen LogP contribution >= 0.6 is 0 Å². The second-order valence-corrected chi connectivity index (χ2v) is 7.95. The highest BCUT2D eigenvalue weighted by molar-refractivity contribution is 6.27. The minimum absolute atomic E-state index is 0.0721. The average molecular weight is 437 g/mol. The maximum Gasteiger partial charge on any atom is 0.414 e. The molecule has 2 N–H and O–H groups in total. The first-order valence-corrected chi connectivity index (χ1v) is 10.5. The lowest BCUT2D eigenvalue weighted by molar-refractivity contribution is -0.159. The van der Waals surface area contributed by atoms with E-state index in [0.29, 0.717) is 23.1 Å². The van der Waals surface area contributed by atoms with E-state index in [1.807, 2.05) is 4.90 Å². The van der Waals surface area contributed by atoms with E-state index >= 15 is 0 Å². The lowest BCUT2D eigenvalue weighted by atomic mass is 9.94. The molecule has 9 nitrogen and oxygen atoms in total. The van der Waals surface area contributed by atoms with Crippen LogP contribution in [0.4, 0.5) is 0 Å². The van der Waals surface area contributed by atoms with Crippen molar-refractivity contribution < 1.29 is 34.1 Å². The Labute approximate surface area is 182 Å². The molecule has 0 aromatic heterocycles. The van der Waals surface area contributed by atoms with Crippen molar-refractivity contribution in [2.75, 3.05) is 40.4 Å². The zero-order valence-corrected chi connectivity index (χ0v) is 18.4. The van der Waals surface area contributed by atoms with Gasteiger partial charge in [0.25, 0.3) is 5.91 Å². The maximum atomic E-state index is 12.9. The van der Waals surface area contributed by atoms with Crippen molar-refractivity contribution in [2.24, 2.45) is 5.92 Å². The predicted octanol–water partition coefficient (Wildman–Crippen LogP) is 2.20. The smallest absolute Gasteiger partial charge is 0.414 e. The van der Waals surface area contributed by atoms with Crippen LogP contribution in [-0.4, -0.2) is 84.3 Å². The average Bonchev–Trinajstić information content (AvgIpc) is 2.79. The predicted molar refractivity (Wildman–Crippen MR) is 114 cm³/mol. The molecule has 1 aromatic rings. The number of carbonyl (C=O) groups is 3. The molecule has 1 amide bonds. The van der Waals surface area contributed by atoms with Gasteiger partial charge in [0.05, 0.1) is 14.2 Å². The molecule has 3 rings (SSSR count). The summed E-state index contributed by atoms with van der Waals surface area (Å²) in [6, 6.07) is 6.02. The SMILES string of the molecule is COc1cc(OC)cc(C(=O)N2CCC(N3CCC(C)CC3)CC2)c1.O=C(O)C(=O)O. The molecule has 9 heteroatoms. The fourth-order valence-electron chi connectivity index (χ4n) is 3.94. The van der Waals surface area contributed by atoms with E-state index in [9.17, 15) is 4.79 Å². The first-order valence-electron chi connectivity index (χ1n) is 10.5. The summed E-state index contributed by atoms with van der Waals surface area (Å²) < 4.78 is 10.6. The number of benzene rings is 1. The Morgan fingerprint density at radius 2 is 1.32 bits per heavy atom.